The molecule has 0 aromatic carbocycles. The molecular formula is C10H16N4O. The van der Waals surface area contributed by atoms with E-state index in [1.165, 1.54) is 5.69 Å². The number of carbonyl (C=O) groups excluding carboxylic acids is 1. The number of fused-ring (bicyclic) bond motifs is 1. The van der Waals surface area contributed by atoms with E-state index in [2.05, 4.69) is 10.3 Å². The van der Waals surface area contributed by atoms with Crippen molar-refractivity contribution in [3.63, 3.8) is 0 Å². The third-order valence-corrected chi connectivity index (χ3v) is 2.93. The maximum absolute atomic E-state index is 11.3. The second-order valence-electron chi connectivity index (χ2n) is 3.97. The van der Waals surface area contributed by atoms with Crippen molar-refractivity contribution in [2.45, 2.75) is 26.2 Å². The minimum atomic E-state index is 0.161. The first-order chi connectivity index (χ1) is 7.18. The Morgan fingerprint density at radius 2 is 2.13 bits per heavy atom. The summed E-state index contributed by atoms with van der Waals surface area (Å²) in [4.78, 5) is 13.2. The summed E-state index contributed by atoms with van der Waals surface area (Å²) < 4.78 is 1.82. The predicted octanol–water partition coefficient (Wildman–Crippen LogP) is 0.152. The summed E-state index contributed by atoms with van der Waals surface area (Å²) in [5.74, 6) is 0.161. The normalized spacial score (nSPS) is 16.8. The highest BCUT2D eigenvalue weighted by molar-refractivity contribution is 5.73. The average Bonchev–Trinajstić information content (AvgIpc) is 2.46. The lowest BCUT2D eigenvalue weighted by atomic mass is 10.1. The number of amides is 1. The van der Waals surface area contributed by atoms with Crippen LogP contribution < -0.4 is 0 Å². The van der Waals surface area contributed by atoms with E-state index >= 15 is 0 Å². The van der Waals surface area contributed by atoms with E-state index in [1.54, 1.807) is 6.92 Å². The lowest BCUT2D eigenvalue weighted by molar-refractivity contribution is -0.128. The molecule has 0 bridgehead atoms. The Labute approximate surface area is 89.1 Å². The standard InChI is InChI=1S/C10H16N4O/c1-8(15)14-6-3-4-9-10(5-7-14)13(2)12-11-9/h3-7H2,1-2H3. The Kier molecular flexibility index (Phi) is 2.70. The van der Waals surface area contributed by atoms with Gasteiger partial charge in [0, 0.05) is 33.5 Å². The van der Waals surface area contributed by atoms with E-state index in [4.69, 9.17) is 0 Å². The monoisotopic (exact) mass is 208 g/mol. The van der Waals surface area contributed by atoms with Crippen molar-refractivity contribution >= 4 is 5.91 Å². The number of hydrogen-bond donors (Lipinski definition) is 0. The first kappa shape index (κ1) is 10.1. The Bertz CT molecular complexity index is 371. The molecule has 2 heterocycles. The highest BCUT2D eigenvalue weighted by Crippen LogP contribution is 2.12. The average molecular weight is 208 g/mol. The van der Waals surface area contributed by atoms with Gasteiger partial charge >= 0.3 is 0 Å². The van der Waals surface area contributed by atoms with E-state index in [0.717, 1.165) is 38.0 Å². The number of hydrogen-bond acceptors (Lipinski definition) is 3. The van der Waals surface area contributed by atoms with Gasteiger partial charge in [-0.05, 0) is 12.8 Å². The molecule has 1 aliphatic rings. The summed E-state index contributed by atoms with van der Waals surface area (Å²) in [5, 5.41) is 8.15. The van der Waals surface area contributed by atoms with Gasteiger partial charge in [-0.3, -0.25) is 9.48 Å². The largest absolute Gasteiger partial charge is 0.343 e. The van der Waals surface area contributed by atoms with Crippen LogP contribution in [-0.2, 0) is 24.7 Å². The Balaban J connectivity index is 2.16. The quantitative estimate of drug-likeness (QED) is 0.610. The van der Waals surface area contributed by atoms with Gasteiger partial charge in [0.15, 0.2) is 0 Å². The zero-order chi connectivity index (χ0) is 10.8. The topological polar surface area (TPSA) is 51.0 Å². The summed E-state index contributed by atoms with van der Waals surface area (Å²) >= 11 is 0. The first-order valence-corrected chi connectivity index (χ1v) is 5.31. The van der Waals surface area contributed by atoms with Crippen LogP contribution in [0.2, 0.25) is 0 Å². The minimum absolute atomic E-state index is 0.161. The third kappa shape index (κ3) is 2.00. The van der Waals surface area contributed by atoms with Crippen molar-refractivity contribution in [3.05, 3.63) is 11.4 Å². The molecule has 0 N–H and O–H groups in total. The highest BCUT2D eigenvalue weighted by Gasteiger charge is 2.17. The molecule has 1 aromatic rings. The van der Waals surface area contributed by atoms with Gasteiger partial charge < -0.3 is 4.90 Å². The van der Waals surface area contributed by atoms with Crippen LogP contribution in [0.5, 0.6) is 0 Å². The molecule has 1 aliphatic heterocycles. The maximum atomic E-state index is 11.3. The predicted molar refractivity (Wildman–Crippen MR) is 55.3 cm³/mol. The molecule has 0 unspecified atom stereocenters. The maximum Gasteiger partial charge on any atom is 0.219 e. The summed E-state index contributed by atoms with van der Waals surface area (Å²) in [6.07, 6.45) is 2.76. The number of aromatic nitrogens is 3. The van der Waals surface area contributed by atoms with Gasteiger partial charge in [-0.2, -0.15) is 0 Å². The molecule has 0 saturated carbocycles. The van der Waals surface area contributed by atoms with Crippen molar-refractivity contribution in [2.75, 3.05) is 13.1 Å². The van der Waals surface area contributed by atoms with Crippen molar-refractivity contribution in [1.82, 2.24) is 19.9 Å². The molecule has 5 nitrogen and oxygen atoms in total. The molecule has 0 spiro atoms. The second-order valence-corrected chi connectivity index (χ2v) is 3.97. The van der Waals surface area contributed by atoms with Gasteiger partial charge in [0.2, 0.25) is 5.91 Å². The smallest absolute Gasteiger partial charge is 0.219 e. The van der Waals surface area contributed by atoms with Crippen LogP contribution >= 0.6 is 0 Å². The minimum Gasteiger partial charge on any atom is -0.343 e. The molecular weight excluding hydrogens is 192 g/mol. The van der Waals surface area contributed by atoms with E-state index in [9.17, 15) is 4.79 Å². The van der Waals surface area contributed by atoms with Crippen LogP contribution in [-0.4, -0.2) is 38.9 Å². The van der Waals surface area contributed by atoms with Crippen molar-refractivity contribution in [2.24, 2.45) is 7.05 Å². The summed E-state index contributed by atoms with van der Waals surface area (Å²) in [6.45, 7) is 3.25. The Morgan fingerprint density at radius 1 is 1.33 bits per heavy atom. The fourth-order valence-electron chi connectivity index (χ4n) is 2.02. The van der Waals surface area contributed by atoms with E-state index < -0.39 is 0 Å². The molecule has 1 amide bonds. The van der Waals surface area contributed by atoms with Gasteiger partial charge in [0.05, 0.1) is 11.4 Å². The van der Waals surface area contributed by atoms with Crippen LogP contribution in [0.4, 0.5) is 0 Å². The fraction of sp³-hybridized carbons (Fsp3) is 0.700. The number of nitrogens with zero attached hydrogens (tertiary/aromatic N) is 4. The number of aryl methyl sites for hydroxylation is 2. The van der Waals surface area contributed by atoms with Crippen molar-refractivity contribution < 1.29 is 4.79 Å². The lowest BCUT2D eigenvalue weighted by Crippen LogP contribution is -2.33. The Hall–Kier alpha value is -1.39. The molecule has 0 fully saturated rings. The zero-order valence-corrected chi connectivity index (χ0v) is 9.23. The molecule has 5 heteroatoms. The molecule has 0 atom stereocenters. The fourth-order valence-corrected chi connectivity index (χ4v) is 2.02. The lowest BCUT2D eigenvalue weighted by Gasteiger charge is -2.23. The van der Waals surface area contributed by atoms with Gasteiger partial charge in [0.1, 0.15) is 0 Å². The number of rotatable bonds is 0. The van der Waals surface area contributed by atoms with E-state index in [1.807, 2.05) is 16.6 Å². The molecule has 82 valence electrons. The van der Waals surface area contributed by atoms with Crippen LogP contribution in [0.25, 0.3) is 0 Å². The van der Waals surface area contributed by atoms with E-state index in [0.29, 0.717) is 0 Å². The van der Waals surface area contributed by atoms with Crippen LogP contribution in [0, 0.1) is 0 Å². The highest BCUT2D eigenvalue weighted by atomic mass is 16.2. The van der Waals surface area contributed by atoms with Crippen molar-refractivity contribution in [3.8, 4) is 0 Å². The van der Waals surface area contributed by atoms with Gasteiger partial charge in [0.25, 0.3) is 0 Å². The molecule has 0 radical (unpaired) electrons. The first-order valence-electron chi connectivity index (χ1n) is 5.31. The van der Waals surface area contributed by atoms with Crippen LogP contribution in [0.1, 0.15) is 24.7 Å². The van der Waals surface area contributed by atoms with Gasteiger partial charge in [-0.25, -0.2) is 0 Å². The molecule has 2 rings (SSSR count). The zero-order valence-electron chi connectivity index (χ0n) is 9.23. The van der Waals surface area contributed by atoms with Crippen molar-refractivity contribution in [1.29, 1.82) is 0 Å². The van der Waals surface area contributed by atoms with Gasteiger partial charge in [-0.15, -0.1) is 5.10 Å². The van der Waals surface area contributed by atoms with E-state index in [-0.39, 0.29) is 5.91 Å². The van der Waals surface area contributed by atoms with Crippen LogP contribution in [0.3, 0.4) is 0 Å². The molecule has 0 saturated heterocycles. The Morgan fingerprint density at radius 3 is 2.87 bits per heavy atom. The summed E-state index contributed by atoms with van der Waals surface area (Å²) in [6, 6.07) is 0. The number of carbonyl (C=O) groups is 1. The second kappa shape index (κ2) is 4.00. The summed E-state index contributed by atoms with van der Waals surface area (Å²) in [5.41, 5.74) is 2.27. The van der Waals surface area contributed by atoms with Crippen LogP contribution in [0.15, 0.2) is 0 Å². The molecule has 1 aromatic heterocycles. The van der Waals surface area contributed by atoms with Gasteiger partial charge in [-0.1, -0.05) is 5.21 Å². The summed E-state index contributed by atoms with van der Waals surface area (Å²) in [7, 11) is 1.91. The third-order valence-electron chi connectivity index (χ3n) is 2.93. The molecule has 15 heavy (non-hydrogen) atoms. The SMILES string of the molecule is CC(=O)N1CCCc2nnn(C)c2CC1. The molecule has 0 aliphatic carbocycles.